The Bertz CT molecular complexity index is 48.9. The largest absolute Gasteiger partial charge is 0.404 e. The third-order valence-corrected chi connectivity index (χ3v) is 0.164. The van der Waals surface area contributed by atoms with Gasteiger partial charge in [-0.2, -0.15) is 0 Å². The van der Waals surface area contributed by atoms with Gasteiger partial charge in [0.05, 0.1) is 0 Å². The minimum atomic E-state index is 1.10. The first kappa shape index (κ1) is 4.21. The van der Waals surface area contributed by atoms with Crippen molar-refractivity contribution in [2.24, 2.45) is 5.73 Å². The van der Waals surface area contributed by atoms with Gasteiger partial charge in [-0.25, -0.2) is 0 Å². The van der Waals surface area contributed by atoms with Crippen molar-refractivity contribution in [3.8, 4) is 0 Å². The minimum absolute atomic E-state index is 1.10. The normalized spacial score (nSPS) is 8.80. The van der Waals surface area contributed by atoms with Gasteiger partial charge in [-0.3, -0.25) is 4.79 Å². The van der Waals surface area contributed by atoms with Crippen molar-refractivity contribution in [1.82, 2.24) is 0 Å². The van der Waals surface area contributed by atoms with E-state index in [1.807, 2.05) is 0 Å². The van der Waals surface area contributed by atoms with Gasteiger partial charge in [0.15, 0.2) is 0 Å². The zero-order chi connectivity index (χ0) is 4.12. The summed E-state index contributed by atoms with van der Waals surface area (Å²) < 4.78 is 0. The zero-order valence-electron chi connectivity index (χ0n) is 2.64. The molecule has 0 heterocycles. The molecule has 0 fully saturated rings. The van der Waals surface area contributed by atoms with Gasteiger partial charge in [0.25, 0.3) is 0 Å². The number of nitrogens with two attached hydrogens (primary N) is 1. The van der Waals surface area contributed by atoms with Gasteiger partial charge in [0.1, 0.15) is 0 Å². The third kappa shape index (κ3) is 3.21. The molecular weight excluding hydrogens is 66.0 g/mol. The molecule has 0 saturated heterocycles. The molecule has 0 saturated carbocycles. The summed E-state index contributed by atoms with van der Waals surface area (Å²) >= 11 is 0. The Balaban J connectivity index is 2.92. The average molecular weight is 70.1 g/mol. The predicted octanol–water partition coefficient (Wildman–Crippen LogP) is -0.431. The summed E-state index contributed by atoms with van der Waals surface area (Å²) in [5, 5.41) is 0. The number of hydrogen-bond acceptors (Lipinski definition) is 2. The highest BCUT2D eigenvalue weighted by atomic mass is 16.1. The van der Waals surface area contributed by atoms with Gasteiger partial charge in [0, 0.05) is 6.08 Å². The molecule has 2 nitrogen and oxygen atoms in total. The van der Waals surface area contributed by atoms with Crippen LogP contribution in [-0.2, 0) is 4.79 Å². The maximum Gasteiger partial charge on any atom is 0.227 e. The average Bonchev–Trinajstić information content (AvgIpc) is 1.41. The highest BCUT2D eigenvalue weighted by Crippen LogP contribution is 1.44. The molecule has 0 aliphatic heterocycles. The molecular formula is C3H4NO. The SMILES string of the molecule is N/C=C/[C]=O. The van der Waals surface area contributed by atoms with E-state index in [4.69, 9.17) is 10.5 Å². The lowest BCUT2D eigenvalue weighted by Gasteiger charge is -1.53. The van der Waals surface area contributed by atoms with Gasteiger partial charge in [-0.15, -0.1) is 0 Å². The molecule has 2 heteroatoms. The van der Waals surface area contributed by atoms with Gasteiger partial charge < -0.3 is 5.73 Å². The van der Waals surface area contributed by atoms with E-state index in [-0.39, 0.29) is 0 Å². The smallest absolute Gasteiger partial charge is 0.227 e. The van der Waals surface area contributed by atoms with Crippen molar-refractivity contribution < 1.29 is 4.79 Å². The Labute approximate surface area is 30.3 Å². The first-order valence-electron chi connectivity index (χ1n) is 1.16. The zero-order valence-corrected chi connectivity index (χ0v) is 2.64. The van der Waals surface area contributed by atoms with Crippen LogP contribution in [0.2, 0.25) is 0 Å². The Morgan fingerprint density at radius 3 is 2.40 bits per heavy atom. The molecule has 2 N–H and O–H groups in total. The summed E-state index contributed by atoms with van der Waals surface area (Å²) in [5.74, 6) is 0. The van der Waals surface area contributed by atoms with Crippen LogP contribution in [-0.4, -0.2) is 6.29 Å². The first-order chi connectivity index (χ1) is 2.41. The number of carbonyl (C=O) groups excluding carboxylic acids is 1. The second-order valence-corrected chi connectivity index (χ2v) is 0.477. The Morgan fingerprint density at radius 1 is 1.80 bits per heavy atom. The molecule has 0 aromatic carbocycles. The topological polar surface area (TPSA) is 43.1 Å². The number of allylic oxidation sites excluding steroid dienone is 1. The Hall–Kier alpha value is -0.790. The summed E-state index contributed by atoms with van der Waals surface area (Å²) in [4.78, 5) is 9.11. The number of rotatable bonds is 1. The third-order valence-electron chi connectivity index (χ3n) is 0.164. The van der Waals surface area contributed by atoms with Gasteiger partial charge in [-0.05, 0) is 6.20 Å². The van der Waals surface area contributed by atoms with Crippen molar-refractivity contribution in [2.75, 3.05) is 0 Å². The van der Waals surface area contributed by atoms with E-state index >= 15 is 0 Å². The van der Waals surface area contributed by atoms with Crippen LogP contribution in [0.5, 0.6) is 0 Å². The molecule has 1 radical (unpaired) electrons. The van der Waals surface area contributed by atoms with E-state index in [9.17, 15) is 0 Å². The summed E-state index contributed by atoms with van der Waals surface area (Å²) in [6.07, 6.45) is 3.69. The lowest BCUT2D eigenvalue weighted by Crippen LogP contribution is -1.73. The molecule has 0 aromatic heterocycles. The van der Waals surface area contributed by atoms with Crippen LogP contribution in [0.25, 0.3) is 0 Å². The maximum absolute atomic E-state index is 9.11. The summed E-state index contributed by atoms with van der Waals surface area (Å²) in [5.41, 5.74) is 4.70. The summed E-state index contributed by atoms with van der Waals surface area (Å²) in [7, 11) is 0. The van der Waals surface area contributed by atoms with Crippen molar-refractivity contribution in [3.63, 3.8) is 0 Å². The van der Waals surface area contributed by atoms with Crippen LogP contribution in [0, 0.1) is 0 Å². The van der Waals surface area contributed by atoms with Crippen LogP contribution < -0.4 is 5.73 Å². The molecule has 0 aliphatic rings. The Morgan fingerprint density at radius 2 is 2.40 bits per heavy atom. The van der Waals surface area contributed by atoms with Crippen LogP contribution in [0.15, 0.2) is 12.3 Å². The fourth-order valence-corrected chi connectivity index (χ4v) is 0.0393. The molecule has 0 spiro atoms. The van der Waals surface area contributed by atoms with Crippen LogP contribution in [0.4, 0.5) is 0 Å². The summed E-state index contributed by atoms with van der Waals surface area (Å²) in [6.45, 7) is 0. The van der Waals surface area contributed by atoms with E-state index in [1.54, 1.807) is 0 Å². The molecule has 0 bridgehead atoms. The predicted molar refractivity (Wildman–Crippen MR) is 19.0 cm³/mol. The minimum Gasteiger partial charge on any atom is -0.404 e. The second-order valence-electron chi connectivity index (χ2n) is 0.477. The quantitative estimate of drug-likeness (QED) is 0.425. The lowest BCUT2D eigenvalue weighted by atomic mass is 10.7. The fourth-order valence-electron chi connectivity index (χ4n) is 0.0393. The first-order valence-corrected chi connectivity index (χ1v) is 1.16. The van der Waals surface area contributed by atoms with Crippen molar-refractivity contribution >= 4 is 6.29 Å². The van der Waals surface area contributed by atoms with E-state index in [2.05, 4.69) is 0 Å². The molecule has 27 valence electrons. The summed E-state index contributed by atoms with van der Waals surface area (Å²) in [6, 6.07) is 0. The van der Waals surface area contributed by atoms with E-state index in [1.165, 1.54) is 6.29 Å². The monoisotopic (exact) mass is 70.0 g/mol. The lowest BCUT2D eigenvalue weighted by molar-refractivity contribution is 0.564. The van der Waals surface area contributed by atoms with E-state index in [0.717, 1.165) is 12.3 Å². The van der Waals surface area contributed by atoms with Crippen molar-refractivity contribution in [2.45, 2.75) is 0 Å². The molecule has 0 amide bonds. The van der Waals surface area contributed by atoms with Gasteiger partial charge >= 0.3 is 0 Å². The molecule has 0 atom stereocenters. The maximum atomic E-state index is 9.11. The molecule has 0 aliphatic carbocycles. The van der Waals surface area contributed by atoms with Gasteiger partial charge in [0.2, 0.25) is 6.29 Å². The van der Waals surface area contributed by atoms with Crippen LogP contribution in [0.1, 0.15) is 0 Å². The van der Waals surface area contributed by atoms with Gasteiger partial charge in [-0.1, -0.05) is 0 Å². The van der Waals surface area contributed by atoms with E-state index < -0.39 is 0 Å². The van der Waals surface area contributed by atoms with Crippen LogP contribution in [0.3, 0.4) is 0 Å². The van der Waals surface area contributed by atoms with Crippen molar-refractivity contribution in [3.05, 3.63) is 12.3 Å². The molecule has 0 aromatic rings. The van der Waals surface area contributed by atoms with Crippen LogP contribution >= 0.6 is 0 Å². The Kier molecular flexibility index (Phi) is 2.70. The standard InChI is InChI=1S/C3H4NO/c4-2-1-3-5/h1-2H,4H2/b2-1+. The number of hydrogen-bond donors (Lipinski definition) is 1. The highest BCUT2D eigenvalue weighted by molar-refractivity contribution is 5.65. The molecule has 5 heavy (non-hydrogen) atoms. The van der Waals surface area contributed by atoms with E-state index in [0.29, 0.717) is 0 Å². The second kappa shape index (κ2) is 3.21. The molecule has 0 unspecified atom stereocenters. The fraction of sp³-hybridized carbons (Fsp3) is 0. The van der Waals surface area contributed by atoms with Crippen molar-refractivity contribution in [1.29, 1.82) is 0 Å². The molecule has 0 rings (SSSR count). The highest BCUT2D eigenvalue weighted by Gasteiger charge is 1.51.